The molecular formula is C19H17BO5. The first-order valence-corrected chi connectivity index (χ1v) is 8.00. The summed E-state index contributed by atoms with van der Waals surface area (Å²) in [5.41, 5.74) is 3.38. The number of hydrogen-bond acceptors (Lipinski definition) is 5. The molecule has 1 heterocycles. The van der Waals surface area contributed by atoms with Crippen molar-refractivity contribution in [2.45, 2.75) is 13.5 Å². The fourth-order valence-electron chi connectivity index (χ4n) is 2.59. The Bertz CT molecular complexity index is 826. The van der Waals surface area contributed by atoms with Gasteiger partial charge in [-0.15, -0.1) is 0 Å². The third kappa shape index (κ3) is 3.87. The van der Waals surface area contributed by atoms with Gasteiger partial charge in [0.15, 0.2) is 5.78 Å². The molecule has 126 valence electrons. The van der Waals surface area contributed by atoms with Gasteiger partial charge in [0, 0.05) is 5.56 Å². The number of rotatable bonds is 5. The lowest BCUT2D eigenvalue weighted by atomic mass is 9.79. The first kappa shape index (κ1) is 17.1. The van der Waals surface area contributed by atoms with Gasteiger partial charge in [0.25, 0.3) is 0 Å². The second-order valence-electron chi connectivity index (χ2n) is 5.62. The molecule has 2 aromatic rings. The quantitative estimate of drug-likeness (QED) is 0.391. The van der Waals surface area contributed by atoms with Crippen molar-refractivity contribution in [1.29, 1.82) is 0 Å². The Kier molecular flexibility index (Phi) is 5.12. The standard InChI is InChI=1S/C19H17BO5/c1-2-24-19(22)15-8-6-14(7-9-15)18(21)10-4-13-3-5-16-12-25-20(23)17(16)11-13/h3-11,23H,2,12H2,1H3/b10-4+. The largest absolute Gasteiger partial charge is 0.491 e. The zero-order chi connectivity index (χ0) is 17.8. The first-order valence-electron chi connectivity index (χ1n) is 8.00. The van der Waals surface area contributed by atoms with Crippen molar-refractivity contribution < 1.29 is 24.0 Å². The highest BCUT2D eigenvalue weighted by Crippen LogP contribution is 2.13. The van der Waals surface area contributed by atoms with Crippen LogP contribution >= 0.6 is 0 Å². The van der Waals surface area contributed by atoms with E-state index in [1.807, 2.05) is 12.1 Å². The number of hydrogen-bond donors (Lipinski definition) is 1. The van der Waals surface area contributed by atoms with Crippen molar-refractivity contribution in [2.75, 3.05) is 6.61 Å². The third-order valence-corrected chi connectivity index (χ3v) is 3.94. The van der Waals surface area contributed by atoms with Crippen LogP contribution < -0.4 is 5.46 Å². The Balaban J connectivity index is 1.71. The molecule has 0 radical (unpaired) electrons. The lowest BCUT2D eigenvalue weighted by Crippen LogP contribution is -2.28. The molecule has 6 heteroatoms. The number of carbonyl (C=O) groups is 2. The van der Waals surface area contributed by atoms with Crippen molar-refractivity contribution in [3.05, 3.63) is 70.8 Å². The maximum absolute atomic E-state index is 12.2. The van der Waals surface area contributed by atoms with E-state index < -0.39 is 13.1 Å². The molecule has 0 unspecified atom stereocenters. The fourth-order valence-corrected chi connectivity index (χ4v) is 2.59. The number of benzene rings is 2. The summed E-state index contributed by atoms with van der Waals surface area (Å²) in [7, 11) is -0.908. The summed E-state index contributed by atoms with van der Waals surface area (Å²) in [4.78, 5) is 23.9. The lowest BCUT2D eigenvalue weighted by Gasteiger charge is -2.02. The fraction of sp³-hybridized carbons (Fsp3) is 0.158. The Morgan fingerprint density at radius 2 is 1.92 bits per heavy atom. The SMILES string of the molecule is CCOC(=O)c1ccc(C(=O)/C=C/c2ccc3c(c2)B(O)OC3)cc1. The zero-order valence-corrected chi connectivity index (χ0v) is 13.8. The molecule has 0 fully saturated rings. The highest BCUT2D eigenvalue weighted by molar-refractivity contribution is 6.61. The molecule has 25 heavy (non-hydrogen) atoms. The second kappa shape index (κ2) is 7.46. The van der Waals surface area contributed by atoms with E-state index in [2.05, 4.69) is 0 Å². The molecule has 1 aliphatic rings. The molecule has 0 atom stereocenters. The summed E-state index contributed by atoms with van der Waals surface area (Å²) in [6.45, 7) is 2.44. The Hall–Kier alpha value is -2.70. The van der Waals surface area contributed by atoms with Crippen LogP contribution in [0.4, 0.5) is 0 Å². The van der Waals surface area contributed by atoms with Crippen molar-refractivity contribution in [2.24, 2.45) is 0 Å². The number of ether oxygens (including phenoxy) is 1. The van der Waals surface area contributed by atoms with Crippen LogP contribution in [0.5, 0.6) is 0 Å². The summed E-state index contributed by atoms with van der Waals surface area (Å²) >= 11 is 0. The number of fused-ring (bicyclic) bond motifs is 1. The van der Waals surface area contributed by atoms with E-state index in [9.17, 15) is 14.6 Å². The predicted octanol–water partition coefficient (Wildman–Crippen LogP) is 1.98. The molecule has 0 saturated heterocycles. The number of esters is 1. The van der Waals surface area contributed by atoms with Gasteiger partial charge in [-0.2, -0.15) is 0 Å². The molecule has 5 nitrogen and oxygen atoms in total. The molecule has 0 saturated carbocycles. The minimum absolute atomic E-state index is 0.173. The van der Waals surface area contributed by atoms with E-state index in [1.54, 1.807) is 43.3 Å². The van der Waals surface area contributed by atoms with Crippen LogP contribution in [0.2, 0.25) is 0 Å². The summed E-state index contributed by atoms with van der Waals surface area (Å²) in [6.07, 6.45) is 3.15. The number of carbonyl (C=O) groups excluding carboxylic acids is 2. The molecule has 0 bridgehead atoms. The van der Waals surface area contributed by atoms with Crippen LogP contribution in [0.25, 0.3) is 6.08 Å². The van der Waals surface area contributed by atoms with Crippen molar-refractivity contribution in [1.82, 2.24) is 0 Å². The maximum atomic E-state index is 12.2. The van der Waals surface area contributed by atoms with Crippen molar-refractivity contribution in [3.8, 4) is 0 Å². The topological polar surface area (TPSA) is 72.8 Å². The first-order chi connectivity index (χ1) is 12.1. The minimum Gasteiger partial charge on any atom is -0.462 e. The lowest BCUT2D eigenvalue weighted by molar-refractivity contribution is 0.0526. The van der Waals surface area contributed by atoms with Crippen LogP contribution in [0.15, 0.2) is 48.5 Å². The van der Waals surface area contributed by atoms with Gasteiger partial charge >= 0.3 is 13.1 Å². The Morgan fingerprint density at radius 3 is 2.64 bits per heavy atom. The van der Waals surface area contributed by atoms with E-state index in [0.717, 1.165) is 16.6 Å². The Morgan fingerprint density at radius 1 is 1.20 bits per heavy atom. The molecule has 0 aliphatic carbocycles. The smallest absolute Gasteiger partial charge is 0.462 e. The van der Waals surface area contributed by atoms with Crippen molar-refractivity contribution in [3.63, 3.8) is 0 Å². The normalized spacial score (nSPS) is 13.1. The van der Waals surface area contributed by atoms with Gasteiger partial charge in [-0.3, -0.25) is 4.79 Å². The van der Waals surface area contributed by atoms with E-state index >= 15 is 0 Å². The molecule has 0 aromatic heterocycles. The highest BCUT2D eigenvalue weighted by Gasteiger charge is 2.26. The summed E-state index contributed by atoms with van der Waals surface area (Å²) in [5.74, 6) is -0.580. The van der Waals surface area contributed by atoms with Gasteiger partial charge in [0.05, 0.1) is 18.8 Å². The van der Waals surface area contributed by atoms with Gasteiger partial charge in [0.1, 0.15) is 0 Å². The monoisotopic (exact) mass is 336 g/mol. The second-order valence-corrected chi connectivity index (χ2v) is 5.62. The summed E-state index contributed by atoms with van der Waals surface area (Å²) < 4.78 is 10.1. The van der Waals surface area contributed by atoms with Crippen molar-refractivity contribution >= 4 is 30.4 Å². The van der Waals surface area contributed by atoms with Gasteiger partial charge in [0.2, 0.25) is 0 Å². The van der Waals surface area contributed by atoms with E-state index in [0.29, 0.717) is 24.3 Å². The minimum atomic E-state index is -0.908. The molecular weight excluding hydrogens is 319 g/mol. The van der Waals surface area contributed by atoms with Gasteiger partial charge < -0.3 is 14.4 Å². The molecule has 3 rings (SSSR count). The summed E-state index contributed by atoms with van der Waals surface area (Å²) in [6, 6.07) is 11.9. The van der Waals surface area contributed by atoms with E-state index in [-0.39, 0.29) is 5.78 Å². The van der Waals surface area contributed by atoms with E-state index in [4.69, 9.17) is 9.39 Å². The predicted molar refractivity (Wildman–Crippen MR) is 94.6 cm³/mol. The van der Waals surface area contributed by atoms with Crippen LogP contribution in [-0.2, 0) is 16.0 Å². The van der Waals surface area contributed by atoms with Crippen LogP contribution in [0.1, 0.15) is 38.8 Å². The van der Waals surface area contributed by atoms with Gasteiger partial charge in [-0.1, -0.05) is 36.4 Å². The average molecular weight is 336 g/mol. The van der Waals surface area contributed by atoms with Crippen LogP contribution in [0, 0.1) is 0 Å². The zero-order valence-electron chi connectivity index (χ0n) is 13.8. The van der Waals surface area contributed by atoms with E-state index in [1.165, 1.54) is 6.08 Å². The molecule has 0 spiro atoms. The third-order valence-electron chi connectivity index (χ3n) is 3.94. The average Bonchev–Trinajstić information content (AvgIpc) is 3.00. The van der Waals surface area contributed by atoms with Gasteiger partial charge in [-0.25, -0.2) is 4.79 Å². The molecule has 0 amide bonds. The number of ketones is 1. The van der Waals surface area contributed by atoms with Gasteiger partial charge in [-0.05, 0) is 41.7 Å². The maximum Gasteiger partial charge on any atom is 0.491 e. The Labute approximate surface area is 146 Å². The van der Waals surface area contributed by atoms with Crippen LogP contribution in [-0.4, -0.2) is 30.5 Å². The number of allylic oxidation sites excluding steroid dienone is 1. The molecule has 2 aromatic carbocycles. The molecule has 1 N–H and O–H groups in total. The summed E-state index contributed by atoms with van der Waals surface area (Å²) in [5, 5.41) is 9.72. The highest BCUT2D eigenvalue weighted by atomic mass is 16.5. The molecule has 1 aliphatic heterocycles. The van der Waals surface area contributed by atoms with Crippen LogP contribution in [0.3, 0.4) is 0 Å².